The van der Waals surface area contributed by atoms with Gasteiger partial charge in [-0.1, -0.05) is 220 Å². The Morgan fingerprint density at radius 1 is 0.333 bits per heavy atom. The zero-order chi connectivity index (χ0) is 53.8. The highest BCUT2D eigenvalue weighted by molar-refractivity contribution is 8.42. The van der Waals surface area contributed by atoms with E-state index < -0.39 is 0 Å². The Hall–Kier alpha value is -3.12. The molecule has 0 saturated heterocycles. The molecule has 3 aliphatic heterocycles. The molecule has 0 aromatic heterocycles. The van der Waals surface area contributed by atoms with Gasteiger partial charge in [-0.15, -0.1) is 89.8 Å². The van der Waals surface area contributed by atoms with Crippen molar-refractivity contribution >= 4 is 158 Å². The molecule has 0 amide bonds. The highest BCUT2D eigenvalue weighted by Crippen LogP contribution is 2.72. The summed E-state index contributed by atoms with van der Waals surface area (Å²) in [5.74, 6) is 31.0. The van der Waals surface area contributed by atoms with Gasteiger partial charge in [-0.3, -0.25) is 0 Å². The highest BCUT2D eigenvalue weighted by Gasteiger charge is 2.46. The van der Waals surface area contributed by atoms with Crippen LogP contribution in [0.25, 0.3) is 50.1 Å². The second-order valence-electron chi connectivity index (χ2n) is 18.1. The molecule has 0 saturated carbocycles. The third kappa shape index (κ3) is 12.5. The number of hydrogen-bond donors (Lipinski definition) is 0. The Balaban J connectivity index is 1.24. The van der Waals surface area contributed by atoms with E-state index in [1.165, 1.54) is 179 Å². The minimum absolute atomic E-state index is 0.603. The van der Waals surface area contributed by atoms with Crippen LogP contribution in [0.15, 0.2) is 111 Å². The van der Waals surface area contributed by atoms with E-state index in [9.17, 15) is 0 Å². The number of rotatable bonds is 21. The van der Waals surface area contributed by atoms with Gasteiger partial charge in [-0.05, 0) is 122 Å². The Kier molecular flexibility index (Phi) is 21.4. The fourth-order valence-electron chi connectivity index (χ4n) is 9.88. The normalized spacial score (nSPS) is 16.2. The number of thioether (sulfide) groups is 12. The van der Waals surface area contributed by atoms with E-state index in [1.807, 2.05) is 94.1 Å². The maximum absolute atomic E-state index is 5.62. The molecular weight excluding hydrogens is 1180 g/mol. The van der Waals surface area contributed by atoms with E-state index in [2.05, 4.69) is 170 Å². The molecule has 0 bridgehead atoms. The molecular formula is C66H54S12. The summed E-state index contributed by atoms with van der Waals surface area (Å²) in [4.78, 5) is 0. The van der Waals surface area contributed by atoms with Crippen molar-refractivity contribution in [3.05, 3.63) is 144 Å². The number of terminal acetylenes is 3. The second-order valence-corrected chi connectivity index (χ2v) is 32.8. The summed E-state index contributed by atoms with van der Waals surface area (Å²) in [5.41, 5.74) is 19.9. The van der Waals surface area contributed by atoms with Crippen LogP contribution in [0, 0.1) is 72.6 Å². The number of benzene rings is 4. The van der Waals surface area contributed by atoms with Crippen LogP contribution in [-0.4, -0.2) is 34.5 Å². The van der Waals surface area contributed by atoms with Crippen molar-refractivity contribution in [3.8, 4) is 106 Å². The van der Waals surface area contributed by atoms with Crippen molar-refractivity contribution in [1.82, 2.24) is 0 Å². The number of hydrogen-bond acceptors (Lipinski definition) is 12. The predicted molar refractivity (Wildman–Crippen MR) is 371 cm³/mol. The first-order valence-corrected chi connectivity index (χ1v) is 37.0. The van der Waals surface area contributed by atoms with Gasteiger partial charge in [-0.2, -0.15) is 0 Å². The SMILES string of the molecule is C#CC#CCSC1=C(SCC#CC#C)SC(=C2c3ccccc3-c3c2c2c(c4c3/C(=C3\SC(SCC#CC#C)=C(SCCCCC)S3)c3ccccc3-4)C(=C3SC(SCCCCC)=C(SCCCCC)S3)c3ccccc3-2)S1. The van der Waals surface area contributed by atoms with Gasteiger partial charge < -0.3 is 0 Å². The summed E-state index contributed by atoms with van der Waals surface area (Å²) in [6.45, 7) is 6.90. The van der Waals surface area contributed by atoms with E-state index in [-0.39, 0.29) is 0 Å². The van der Waals surface area contributed by atoms with Gasteiger partial charge in [0.1, 0.15) is 0 Å². The summed E-state index contributed by atoms with van der Waals surface area (Å²) in [7, 11) is 0. The standard InChI is InChI=1S/C66H54S12/c1-7-13-25-37-67-61-62(68-38-26-14-8-2)74-58(73-61)52-46-34-22-19-31-43(46)49-55(52)50-44-32-20-23-35-47(44)53(59-75-63(69-39-27-15-9-3)64(76-59)70-40-28-16-10-4)57(50)51-45-33-21-24-36-48(45)54(56(49)51)60-77-65(71-41-29-17-11-5)66(78-60)72-42-30-18-12-6/h1-2,5,19-24,31-36H,9-10,12,15-16,18,27-28,30,37-42H2,3-4,6H3/b60-54+. The molecule has 10 rings (SSSR count). The van der Waals surface area contributed by atoms with E-state index in [0.29, 0.717) is 17.3 Å². The largest absolute Gasteiger partial charge is 0.117 e. The fraction of sp³-hybridized carbons (Fsp3) is 0.273. The molecule has 4 aromatic rings. The summed E-state index contributed by atoms with van der Waals surface area (Å²) in [5, 5.41) is 0. The predicted octanol–water partition coefficient (Wildman–Crippen LogP) is 21.5. The van der Waals surface area contributed by atoms with Gasteiger partial charge >= 0.3 is 0 Å². The molecule has 12 heteroatoms. The highest BCUT2D eigenvalue weighted by atomic mass is 32.3. The van der Waals surface area contributed by atoms with Crippen LogP contribution in [0.5, 0.6) is 0 Å². The lowest BCUT2D eigenvalue weighted by atomic mass is 9.84. The Morgan fingerprint density at radius 2 is 0.590 bits per heavy atom. The maximum atomic E-state index is 5.62. The molecule has 0 radical (unpaired) electrons. The first-order chi connectivity index (χ1) is 38.5. The van der Waals surface area contributed by atoms with Crippen LogP contribution in [0.1, 0.15) is 112 Å². The lowest BCUT2D eigenvalue weighted by Gasteiger charge is -2.20. The fourth-order valence-corrected chi connectivity index (χ4v) is 27.2. The lowest BCUT2D eigenvalue weighted by Crippen LogP contribution is -1.98. The Bertz CT molecular complexity index is 3520. The van der Waals surface area contributed by atoms with Gasteiger partial charge in [0.15, 0.2) is 0 Å². The summed E-state index contributed by atoms with van der Waals surface area (Å²) < 4.78 is 12.1. The summed E-state index contributed by atoms with van der Waals surface area (Å²) in [6.07, 6.45) is 27.9. The summed E-state index contributed by atoms with van der Waals surface area (Å²) >= 11 is 23.3. The number of fused-ring (bicyclic) bond motifs is 12. The van der Waals surface area contributed by atoms with E-state index in [4.69, 9.17) is 19.3 Å². The van der Waals surface area contributed by atoms with Gasteiger partial charge in [-0.25, -0.2) is 0 Å². The van der Waals surface area contributed by atoms with E-state index in [1.54, 1.807) is 23.5 Å². The minimum atomic E-state index is 0.603. The molecule has 4 aromatic carbocycles. The Labute approximate surface area is 515 Å². The molecule has 0 spiro atoms. The monoisotopic (exact) mass is 1230 g/mol. The molecule has 0 nitrogen and oxygen atoms in total. The zero-order valence-electron chi connectivity index (χ0n) is 43.7. The molecule has 0 atom stereocenters. The molecule has 0 N–H and O–H groups in total. The van der Waals surface area contributed by atoms with Crippen molar-refractivity contribution in [2.45, 2.75) is 78.6 Å². The van der Waals surface area contributed by atoms with Crippen LogP contribution in [0.4, 0.5) is 0 Å². The van der Waals surface area contributed by atoms with Crippen LogP contribution in [0.2, 0.25) is 0 Å². The maximum Gasteiger partial charge on any atom is 0.0669 e. The molecule has 3 aliphatic carbocycles. The quantitative estimate of drug-likeness (QED) is 0.0497. The molecule has 78 heavy (non-hydrogen) atoms. The van der Waals surface area contributed by atoms with Crippen molar-refractivity contribution in [2.24, 2.45) is 0 Å². The minimum Gasteiger partial charge on any atom is -0.117 e. The average Bonchev–Trinajstić information content (AvgIpc) is 3.28. The first-order valence-electron chi connectivity index (χ1n) is 26.2. The molecule has 0 fully saturated rings. The van der Waals surface area contributed by atoms with Crippen molar-refractivity contribution in [1.29, 1.82) is 0 Å². The van der Waals surface area contributed by atoms with Gasteiger partial charge in [0.05, 0.1) is 55.4 Å². The van der Waals surface area contributed by atoms with Gasteiger partial charge in [0, 0.05) is 33.4 Å². The van der Waals surface area contributed by atoms with Crippen LogP contribution in [0.3, 0.4) is 0 Å². The van der Waals surface area contributed by atoms with E-state index in [0.717, 1.165) is 17.3 Å². The van der Waals surface area contributed by atoms with Crippen LogP contribution < -0.4 is 0 Å². The molecule has 3 heterocycles. The smallest absolute Gasteiger partial charge is 0.0669 e. The number of unbranched alkanes of at least 4 members (excludes halogenated alkanes) is 6. The topological polar surface area (TPSA) is 0 Å². The third-order valence-electron chi connectivity index (χ3n) is 13.1. The first kappa shape index (κ1) is 58.1. The van der Waals surface area contributed by atoms with Gasteiger partial charge in [0.2, 0.25) is 0 Å². The second kappa shape index (κ2) is 28.7. The van der Waals surface area contributed by atoms with Crippen LogP contribution in [-0.2, 0) is 0 Å². The molecule has 0 unspecified atom stereocenters. The van der Waals surface area contributed by atoms with Crippen molar-refractivity contribution in [3.63, 3.8) is 0 Å². The van der Waals surface area contributed by atoms with Crippen LogP contribution >= 0.6 is 141 Å². The summed E-state index contributed by atoms with van der Waals surface area (Å²) in [6, 6.07) is 27.9. The van der Waals surface area contributed by atoms with Crippen molar-refractivity contribution in [2.75, 3.05) is 34.5 Å². The van der Waals surface area contributed by atoms with Crippen molar-refractivity contribution < 1.29 is 0 Å². The average molecular weight is 1230 g/mol. The molecule has 390 valence electrons. The molecule has 6 aliphatic rings. The Morgan fingerprint density at radius 3 is 0.846 bits per heavy atom. The zero-order valence-corrected chi connectivity index (χ0v) is 53.5. The third-order valence-corrected chi connectivity index (χ3v) is 29.6. The van der Waals surface area contributed by atoms with Gasteiger partial charge in [0.25, 0.3) is 0 Å². The van der Waals surface area contributed by atoms with E-state index >= 15 is 0 Å². The lowest BCUT2D eigenvalue weighted by molar-refractivity contribution is 0.779.